The topological polar surface area (TPSA) is 129 Å². The van der Waals surface area contributed by atoms with Crippen molar-refractivity contribution in [2.24, 2.45) is 0 Å². The van der Waals surface area contributed by atoms with Gasteiger partial charge in [0.2, 0.25) is 11.8 Å². The van der Waals surface area contributed by atoms with E-state index in [4.69, 9.17) is 0 Å². The van der Waals surface area contributed by atoms with Gasteiger partial charge in [-0.2, -0.15) is 5.10 Å². The number of hydrogen-bond acceptors (Lipinski definition) is 5. The Labute approximate surface area is 178 Å². The third-order valence-electron chi connectivity index (χ3n) is 4.70. The first-order chi connectivity index (χ1) is 14.9. The van der Waals surface area contributed by atoms with Gasteiger partial charge < -0.3 is 16.0 Å². The Bertz CT molecular complexity index is 1110. The maximum absolute atomic E-state index is 12.8. The van der Waals surface area contributed by atoms with Crippen LogP contribution in [0.3, 0.4) is 0 Å². The maximum atomic E-state index is 12.8. The summed E-state index contributed by atoms with van der Waals surface area (Å²) >= 11 is 0. The Kier molecular flexibility index (Phi) is 5.48. The van der Waals surface area contributed by atoms with Gasteiger partial charge in [0.1, 0.15) is 5.82 Å². The van der Waals surface area contributed by atoms with E-state index in [2.05, 4.69) is 31.1 Å². The number of hydrogen-bond donors (Lipinski definition) is 4. The Morgan fingerprint density at radius 3 is 2.03 bits per heavy atom. The molecular weight excluding hydrogens is 396 g/mol. The van der Waals surface area contributed by atoms with E-state index >= 15 is 0 Å². The van der Waals surface area contributed by atoms with Crippen molar-refractivity contribution in [3.63, 3.8) is 0 Å². The van der Waals surface area contributed by atoms with E-state index in [1.807, 2.05) is 12.1 Å². The minimum absolute atomic E-state index is 0.279. The average molecular weight is 418 g/mol. The lowest BCUT2D eigenvalue weighted by Gasteiger charge is -2.11. The molecule has 0 saturated heterocycles. The summed E-state index contributed by atoms with van der Waals surface area (Å²) in [5.41, 5.74) is 2.56. The van der Waals surface area contributed by atoms with Gasteiger partial charge in [0.15, 0.2) is 5.82 Å². The Morgan fingerprint density at radius 2 is 1.48 bits per heavy atom. The molecule has 3 aromatic rings. The molecule has 0 bridgehead atoms. The van der Waals surface area contributed by atoms with Crippen molar-refractivity contribution < 1.29 is 14.4 Å². The van der Waals surface area contributed by atoms with Gasteiger partial charge in [0.25, 0.3) is 5.91 Å². The summed E-state index contributed by atoms with van der Waals surface area (Å²) in [6, 6.07) is 11.9. The Hall–Kier alpha value is -4.01. The number of carbonyl (C=O) groups is 3. The third kappa shape index (κ3) is 5.13. The predicted molar refractivity (Wildman–Crippen MR) is 117 cm³/mol. The summed E-state index contributed by atoms with van der Waals surface area (Å²) in [5, 5.41) is 15.3. The number of carbonyl (C=O) groups excluding carboxylic acids is 3. The SMILES string of the molecule is CC(=O)Nc1cc(NC(C)=O)cc(C(=O)Nc2ccc(-c3n[nH]c(C4CC4)n3)cc2)c1. The summed E-state index contributed by atoms with van der Waals surface area (Å²) < 4.78 is 0. The second kappa shape index (κ2) is 8.39. The standard InChI is InChI=1S/C22H22N6O3/c1-12(29)23-18-9-16(10-19(11-18)24-13(2)30)22(31)25-17-7-5-15(6-8-17)21-26-20(27-28-21)14-3-4-14/h5-11,14H,3-4H2,1-2H3,(H,23,29)(H,24,30)(H,25,31)(H,26,27,28). The lowest BCUT2D eigenvalue weighted by Crippen LogP contribution is -2.15. The summed E-state index contributed by atoms with van der Waals surface area (Å²) in [6.07, 6.45) is 2.29. The molecule has 9 nitrogen and oxygen atoms in total. The molecule has 1 aliphatic carbocycles. The number of aromatic amines is 1. The zero-order valence-electron chi connectivity index (χ0n) is 17.2. The first kappa shape index (κ1) is 20.3. The van der Waals surface area contributed by atoms with Crippen molar-refractivity contribution in [1.29, 1.82) is 0 Å². The quantitative estimate of drug-likeness (QED) is 0.487. The van der Waals surface area contributed by atoms with Crippen LogP contribution in [0.1, 0.15) is 48.8 Å². The van der Waals surface area contributed by atoms with E-state index in [0.29, 0.717) is 34.4 Å². The molecule has 158 valence electrons. The highest BCUT2D eigenvalue weighted by molar-refractivity contribution is 6.06. The van der Waals surface area contributed by atoms with E-state index in [0.717, 1.165) is 24.2 Å². The van der Waals surface area contributed by atoms with Crippen LogP contribution in [0.5, 0.6) is 0 Å². The van der Waals surface area contributed by atoms with Gasteiger partial charge in [-0.15, -0.1) is 0 Å². The first-order valence-corrected chi connectivity index (χ1v) is 9.92. The normalized spacial score (nSPS) is 12.8. The van der Waals surface area contributed by atoms with Crippen molar-refractivity contribution in [2.75, 3.05) is 16.0 Å². The Morgan fingerprint density at radius 1 is 0.871 bits per heavy atom. The highest BCUT2D eigenvalue weighted by Crippen LogP contribution is 2.38. The molecule has 4 rings (SSSR count). The molecule has 0 aliphatic heterocycles. The molecule has 1 aliphatic rings. The summed E-state index contributed by atoms with van der Waals surface area (Å²) in [4.78, 5) is 40.1. The average Bonchev–Trinajstić information content (AvgIpc) is 3.44. The van der Waals surface area contributed by atoms with Crippen molar-refractivity contribution in [3.8, 4) is 11.4 Å². The van der Waals surface area contributed by atoms with Gasteiger partial charge >= 0.3 is 0 Å². The van der Waals surface area contributed by atoms with Crippen LogP contribution in [0, 0.1) is 0 Å². The molecule has 1 heterocycles. The molecule has 0 spiro atoms. The van der Waals surface area contributed by atoms with E-state index in [1.165, 1.54) is 13.8 Å². The van der Waals surface area contributed by atoms with Crippen LogP contribution >= 0.6 is 0 Å². The molecule has 4 N–H and O–H groups in total. The van der Waals surface area contributed by atoms with E-state index in [-0.39, 0.29) is 17.7 Å². The van der Waals surface area contributed by atoms with Crippen LogP contribution in [0.4, 0.5) is 17.1 Å². The number of benzene rings is 2. The largest absolute Gasteiger partial charge is 0.326 e. The van der Waals surface area contributed by atoms with Crippen molar-refractivity contribution in [3.05, 3.63) is 53.9 Å². The minimum atomic E-state index is -0.375. The fourth-order valence-corrected chi connectivity index (χ4v) is 3.16. The number of H-pyrrole nitrogens is 1. The molecule has 31 heavy (non-hydrogen) atoms. The lowest BCUT2D eigenvalue weighted by molar-refractivity contribution is -0.115. The van der Waals surface area contributed by atoms with E-state index < -0.39 is 0 Å². The lowest BCUT2D eigenvalue weighted by atomic mass is 10.1. The van der Waals surface area contributed by atoms with Gasteiger partial charge in [-0.05, 0) is 55.3 Å². The van der Waals surface area contributed by atoms with E-state index in [1.54, 1.807) is 30.3 Å². The minimum Gasteiger partial charge on any atom is -0.326 e. The fraction of sp³-hybridized carbons (Fsp3) is 0.227. The second-order valence-electron chi connectivity index (χ2n) is 7.51. The number of amides is 3. The van der Waals surface area contributed by atoms with Crippen LogP contribution in [0.25, 0.3) is 11.4 Å². The van der Waals surface area contributed by atoms with Crippen LogP contribution in [-0.4, -0.2) is 32.9 Å². The molecule has 3 amide bonds. The van der Waals surface area contributed by atoms with Crippen LogP contribution in [0.2, 0.25) is 0 Å². The number of nitrogens with one attached hydrogen (secondary N) is 4. The van der Waals surface area contributed by atoms with Crippen molar-refractivity contribution in [1.82, 2.24) is 15.2 Å². The monoisotopic (exact) mass is 418 g/mol. The molecule has 2 aromatic carbocycles. The zero-order chi connectivity index (χ0) is 22.0. The third-order valence-corrected chi connectivity index (χ3v) is 4.70. The Balaban J connectivity index is 1.50. The molecule has 9 heteroatoms. The summed E-state index contributed by atoms with van der Waals surface area (Å²) in [7, 11) is 0. The van der Waals surface area contributed by atoms with Crippen molar-refractivity contribution >= 4 is 34.8 Å². The molecule has 1 saturated carbocycles. The zero-order valence-corrected chi connectivity index (χ0v) is 17.2. The number of nitrogens with zero attached hydrogens (tertiary/aromatic N) is 2. The molecule has 1 aromatic heterocycles. The summed E-state index contributed by atoms with van der Waals surface area (Å²) in [5.74, 6) is 1.11. The number of aromatic nitrogens is 3. The van der Waals surface area contributed by atoms with Gasteiger partial charge in [-0.25, -0.2) is 4.98 Å². The number of rotatable bonds is 6. The summed E-state index contributed by atoms with van der Waals surface area (Å²) in [6.45, 7) is 2.74. The van der Waals surface area contributed by atoms with Gasteiger partial charge in [-0.1, -0.05) is 0 Å². The van der Waals surface area contributed by atoms with Gasteiger partial charge in [0.05, 0.1) is 0 Å². The smallest absolute Gasteiger partial charge is 0.255 e. The second-order valence-corrected chi connectivity index (χ2v) is 7.51. The maximum Gasteiger partial charge on any atom is 0.255 e. The van der Waals surface area contributed by atoms with Gasteiger partial charge in [0, 0.05) is 48.0 Å². The van der Waals surface area contributed by atoms with Crippen LogP contribution in [0.15, 0.2) is 42.5 Å². The fourth-order valence-electron chi connectivity index (χ4n) is 3.16. The molecular formula is C22H22N6O3. The molecule has 0 radical (unpaired) electrons. The van der Waals surface area contributed by atoms with E-state index in [9.17, 15) is 14.4 Å². The molecule has 1 fully saturated rings. The molecule has 0 atom stereocenters. The van der Waals surface area contributed by atoms with Crippen LogP contribution in [-0.2, 0) is 9.59 Å². The highest BCUT2D eigenvalue weighted by atomic mass is 16.2. The highest BCUT2D eigenvalue weighted by Gasteiger charge is 2.27. The molecule has 0 unspecified atom stereocenters. The number of anilines is 3. The predicted octanol–water partition coefficient (Wildman–Crippen LogP) is 3.52. The van der Waals surface area contributed by atoms with Crippen molar-refractivity contribution in [2.45, 2.75) is 32.6 Å². The van der Waals surface area contributed by atoms with Gasteiger partial charge in [-0.3, -0.25) is 19.5 Å². The van der Waals surface area contributed by atoms with Crippen LogP contribution < -0.4 is 16.0 Å². The first-order valence-electron chi connectivity index (χ1n) is 9.92.